The van der Waals surface area contributed by atoms with Crippen molar-refractivity contribution in [3.05, 3.63) is 60.1 Å². The lowest BCUT2D eigenvalue weighted by molar-refractivity contribution is -0.115. The molecule has 3 nitrogen and oxygen atoms in total. The summed E-state index contributed by atoms with van der Waals surface area (Å²) in [5, 5.41) is 3.35. The first-order valence-corrected chi connectivity index (χ1v) is 8.53. The van der Waals surface area contributed by atoms with E-state index < -0.39 is 0 Å². The molecule has 0 saturated carbocycles. The number of nitrogens with one attached hydrogen (secondary N) is 1. The number of nitrogens with two attached hydrogens (primary N) is 1. The fourth-order valence-corrected chi connectivity index (χ4v) is 3.72. The maximum atomic E-state index is 11.5. The number of halogens is 3. The van der Waals surface area contributed by atoms with Gasteiger partial charge in [0.2, 0.25) is 5.91 Å². The topological polar surface area (TPSA) is 55.1 Å². The van der Waals surface area contributed by atoms with E-state index in [9.17, 15) is 4.79 Å². The molecular weight excluding hydrogens is 466 g/mol. The number of carbonyl (C=O) groups excluding carboxylic acids is 1. The van der Waals surface area contributed by atoms with Crippen molar-refractivity contribution in [2.45, 2.75) is 12.5 Å². The van der Waals surface area contributed by atoms with E-state index in [4.69, 9.17) is 17.3 Å². The molecule has 0 saturated heterocycles. The molecule has 1 atom stereocenters. The fraction of sp³-hybridized carbons (Fsp3) is 0.133. The fourth-order valence-electron chi connectivity index (χ4n) is 2.43. The van der Waals surface area contributed by atoms with Crippen molar-refractivity contribution < 1.29 is 4.79 Å². The van der Waals surface area contributed by atoms with Gasteiger partial charge in [-0.15, -0.1) is 0 Å². The average molecular weight is 478 g/mol. The van der Waals surface area contributed by atoms with Crippen LogP contribution in [0.3, 0.4) is 0 Å². The molecule has 0 spiro atoms. The Bertz CT molecular complexity index is 751. The van der Waals surface area contributed by atoms with Gasteiger partial charge in [0.1, 0.15) is 0 Å². The Morgan fingerprint density at radius 1 is 1.29 bits per heavy atom. The number of hydrogen-bond donors (Lipinski definition) is 2. The quantitative estimate of drug-likeness (QED) is 0.636. The second-order valence-corrected chi connectivity index (χ2v) is 7.41. The summed E-state index contributed by atoms with van der Waals surface area (Å²) in [6.45, 7) is 0. The smallest absolute Gasteiger partial charge is 0.228 e. The maximum Gasteiger partial charge on any atom is 0.228 e. The van der Waals surface area contributed by atoms with E-state index in [0.717, 1.165) is 30.4 Å². The van der Waals surface area contributed by atoms with Gasteiger partial charge in [-0.05, 0) is 69.6 Å². The lowest BCUT2D eigenvalue weighted by atomic mass is 9.97. The molecule has 2 aromatic rings. The third-order valence-electron chi connectivity index (χ3n) is 3.48. The van der Waals surface area contributed by atoms with E-state index >= 15 is 0 Å². The number of benzene rings is 2. The Hall–Kier alpha value is -0.630. The molecule has 2 aromatic carbocycles. The summed E-state index contributed by atoms with van der Waals surface area (Å²) in [6, 6.07) is 9.37. The molecule has 108 valence electrons. The van der Waals surface area contributed by atoms with Gasteiger partial charge >= 0.3 is 0 Å². The molecule has 0 bridgehead atoms. The molecule has 21 heavy (non-hydrogen) atoms. The van der Waals surface area contributed by atoms with Crippen molar-refractivity contribution in [1.82, 2.24) is 0 Å². The molecule has 3 N–H and O–H groups in total. The van der Waals surface area contributed by atoms with Gasteiger partial charge in [0.25, 0.3) is 0 Å². The molecule has 1 amide bonds. The average Bonchev–Trinajstić information content (AvgIpc) is 2.79. The number of rotatable bonds is 2. The van der Waals surface area contributed by atoms with E-state index in [2.05, 4.69) is 43.8 Å². The first-order chi connectivity index (χ1) is 9.95. The number of amides is 1. The molecule has 3 rings (SSSR count). The van der Waals surface area contributed by atoms with Gasteiger partial charge < -0.3 is 11.1 Å². The van der Waals surface area contributed by atoms with Crippen molar-refractivity contribution in [3.63, 3.8) is 0 Å². The molecule has 0 aliphatic carbocycles. The molecule has 1 heterocycles. The van der Waals surface area contributed by atoms with Crippen LogP contribution in [-0.2, 0) is 11.2 Å². The minimum absolute atomic E-state index is 0.0118. The van der Waals surface area contributed by atoms with Crippen LogP contribution in [0.2, 0.25) is 5.02 Å². The lowest BCUT2D eigenvalue weighted by Gasteiger charge is -2.17. The summed E-state index contributed by atoms with van der Waals surface area (Å²) in [5.74, 6) is -0.0118. The highest BCUT2D eigenvalue weighted by atomic mass is 127. The molecule has 1 unspecified atom stereocenters. The largest absolute Gasteiger partial charge is 0.325 e. The predicted octanol–water partition coefficient (Wildman–Crippen LogP) is 4.25. The Morgan fingerprint density at radius 3 is 2.81 bits per heavy atom. The van der Waals surface area contributed by atoms with E-state index in [1.807, 2.05) is 24.3 Å². The Labute approximate surface area is 149 Å². The number of fused-ring (bicyclic) bond motifs is 1. The van der Waals surface area contributed by atoms with Crippen LogP contribution in [0.1, 0.15) is 22.7 Å². The second-order valence-electron chi connectivity index (χ2n) is 4.90. The predicted molar refractivity (Wildman–Crippen MR) is 96.7 cm³/mol. The SMILES string of the molecule is NC(c1cc2c(cc1Cl)NC(=O)C2)c1cc(I)ccc1Br. The van der Waals surface area contributed by atoms with E-state index in [1.165, 1.54) is 0 Å². The zero-order chi connectivity index (χ0) is 15.1. The summed E-state index contributed by atoms with van der Waals surface area (Å²) < 4.78 is 2.05. The highest BCUT2D eigenvalue weighted by Crippen LogP contribution is 2.36. The first kappa shape index (κ1) is 15.3. The zero-order valence-electron chi connectivity index (χ0n) is 10.8. The number of hydrogen-bond acceptors (Lipinski definition) is 2. The minimum atomic E-state index is -0.345. The Kier molecular flexibility index (Phi) is 4.27. The lowest BCUT2D eigenvalue weighted by Crippen LogP contribution is -2.13. The summed E-state index contributed by atoms with van der Waals surface area (Å²) in [7, 11) is 0. The zero-order valence-corrected chi connectivity index (χ0v) is 15.3. The van der Waals surface area contributed by atoms with Crippen molar-refractivity contribution in [1.29, 1.82) is 0 Å². The van der Waals surface area contributed by atoms with E-state index in [0.29, 0.717) is 11.4 Å². The highest BCUT2D eigenvalue weighted by molar-refractivity contribution is 14.1. The van der Waals surface area contributed by atoms with Crippen molar-refractivity contribution >= 4 is 61.7 Å². The molecular formula is C15H11BrClIN2O. The van der Waals surface area contributed by atoms with Crippen molar-refractivity contribution in [2.75, 3.05) is 5.32 Å². The van der Waals surface area contributed by atoms with Crippen molar-refractivity contribution in [2.24, 2.45) is 5.73 Å². The summed E-state index contributed by atoms with van der Waals surface area (Å²) in [5.41, 5.74) is 9.92. The van der Waals surface area contributed by atoms with E-state index in [-0.39, 0.29) is 11.9 Å². The van der Waals surface area contributed by atoms with Crippen LogP contribution in [-0.4, -0.2) is 5.91 Å². The number of carbonyl (C=O) groups is 1. The molecule has 1 aliphatic heterocycles. The van der Waals surface area contributed by atoms with Crippen LogP contribution in [0.5, 0.6) is 0 Å². The summed E-state index contributed by atoms with van der Waals surface area (Å²) in [6.07, 6.45) is 0.375. The molecule has 1 aliphatic rings. The van der Waals surface area contributed by atoms with Crippen LogP contribution in [0.25, 0.3) is 0 Å². The van der Waals surface area contributed by atoms with Crippen LogP contribution >= 0.6 is 50.1 Å². The van der Waals surface area contributed by atoms with Gasteiger partial charge in [0.05, 0.1) is 12.5 Å². The Balaban J connectivity index is 2.06. The van der Waals surface area contributed by atoms with Crippen LogP contribution in [0.15, 0.2) is 34.8 Å². The van der Waals surface area contributed by atoms with Gasteiger partial charge in [0, 0.05) is 18.8 Å². The summed E-state index contributed by atoms with van der Waals surface area (Å²) >= 11 is 12.1. The number of anilines is 1. The molecule has 0 fully saturated rings. The third-order valence-corrected chi connectivity index (χ3v) is 5.20. The first-order valence-electron chi connectivity index (χ1n) is 6.28. The normalized spacial score (nSPS) is 14.8. The van der Waals surface area contributed by atoms with Gasteiger partial charge in [-0.3, -0.25) is 4.79 Å². The molecule has 6 heteroatoms. The van der Waals surface area contributed by atoms with Crippen LogP contribution in [0, 0.1) is 3.57 Å². The van der Waals surface area contributed by atoms with Crippen LogP contribution in [0.4, 0.5) is 5.69 Å². The standard InChI is InChI=1S/C15H11BrClIN2O/c16-11-2-1-8(18)5-9(11)15(19)10-3-7-4-14(21)20-13(7)6-12(10)17/h1-3,5-6,15H,4,19H2,(H,20,21). The molecule has 0 radical (unpaired) electrons. The van der Waals surface area contributed by atoms with Gasteiger partial charge in [-0.25, -0.2) is 0 Å². The van der Waals surface area contributed by atoms with Crippen LogP contribution < -0.4 is 11.1 Å². The second kappa shape index (κ2) is 5.87. The summed E-state index contributed by atoms with van der Waals surface area (Å²) in [4.78, 5) is 11.5. The monoisotopic (exact) mass is 476 g/mol. The highest BCUT2D eigenvalue weighted by Gasteiger charge is 2.23. The van der Waals surface area contributed by atoms with Crippen molar-refractivity contribution in [3.8, 4) is 0 Å². The van der Waals surface area contributed by atoms with E-state index in [1.54, 1.807) is 6.07 Å². The van der Waals surface area contributed by atoms with Gasteiger partial charge in [0.15, 0.2) is 0 Å². The minimum Gasteiger partial charge on any atom is -0.325 e. The third kappa shape index (κ3) is 2.97. The van der Waals surface area contributed by atoms with Gasteiger partial charge in [-0.2, -0.15) is 0 Å². The Morgan fingerprint density at radius 2 is 2.05 bits per heavy atom. The van der Waals surface area contributed by atoms with Gasteiger partial charge in [-0.1, -0.05) is 27.5 Å². The maximum absolute atomic E-state index is 11.5. The molecule has 0 aromatic heterocycles.